The number of sulfonamides is 1. The van der Waals surface area contributed by atoms with Gasteiger partial charge in [-0.15, -0.1) is 0 Å². The molecule has 1 saturated heterocycles. The van der Waals surface area contributed by atoms with Crippen molar-refractivity contribution in [2.45, 2.75) is 43.9 Å². The van der Waals surface area contributed by atoms with Gasteiger partial charge in [-0.3, -0.25) is 9.59 Å². The fraction of sp³-hybridized carbons (Fsp3) is 0.286. The van der Waals surface area contributed by atoms with E-state index in [4.69, 9.17) is 4.74 Å². The molecule has 2 unspecified atom stereocenters. The van der Waals surface area contributed by atoms with Gasteiger partial charge < -0.3 is 19.7 Å². The Kier molecular flexibility index (Phi) is 6.95. The molecule has 2 atom stereocenters. The lowest BCUT2D eigenvalue weighted by Crippen LogP contribution is -2.42. The van der Waals surface area contributed by atoms with Gasteiger partial charge in [0.25, 0.3) is 5.91 Å². The maximum atomic E-state index is 13.1. The average Bonchev–Trinajstić information content (AvgIpc) is 3.45. The Morgan fingerprint density at radius 3 is 2.47 bits per heavy atom. The number of carbonyl (C=O) groups is 2. The summed E-state index contributed by atoms with van der Waals surface area (Å²) in [7, 11) is -4.04. The molecule has 0 aliphatic carbocycles. The van der Waals surface area contributed by atoms with Gasteiger partial charge >= 0.3 is 5.97 Å². The van der Waals surface area contributed by atoms with Crippen molar-refractivity contribution in [3.8, 4) is 0 Å². The van der Waals surface area contributed by atoms with Gasteiger partial charge in [0.05, 0.1) is 11.0 Å². The highest BCUT2D eigenvalue weighted by Gasteiger charge is 2.44. The van der Waals surface area contributed by atoms with Crippen LogP contribution in [0.3, 0.4) is 0 Å². The SMILES string of the molecule is CCn1c2ccccc2c2cc(NC(=O)COC(=O)C3CC(O)CN3S(=O)(=O)c3ccc(C)cc3)ccc21. The Balaban J connectivity index is 1.27. The third-order valence-corrected chi connectivity index (χ3v) is 8.74. The molecule has 9 nitrogen and oxygen atoms in total. The van der Waals surface area contributed by atoms with Gasteiger partial charge in [0.1, 0.15) is 6.04 Å². The number of rotatable bonds is 7. The summed E-state index contributed by atoms with van der Waals surface area (Å²) in [5.74, 6) is -1.43. The zero-order valence-electron chi connectivity index (χ0n) is 21.1. The molecular weight excluding hydrogens is 506 g/mol. The van der Waals surface area contributed by atoms with E-state index in [0.717, 1.165) is 38.2 Å². The predicted molar refractivity (Wildman–Crippen MR) is 144 cm³/mol. The summed E-state index contributed by atoms with van der Waals surface area (Å²) in [5, 5.41) is 14.9. The van der Waals surface area contributed by atoms with E-state index in [2.05, 4.69) is 22.9 Å². The monoisotopic (exact) mass is 535 g/mol. The van der Waals surface area contributed by atoms with E-state index < -0.39 is 40.7 Å². The molecule has 4 aromatic rings. The molecule has 10 heteroatoms. The van der Waals surface area contributed by atoms with Crippen molar-refractivity contribution in [1.29, 1.82) is 0 Å². The van der Waals surface area contributed by atoms with Crippen LogP contribution in [0.25, 0.3) is 21.8 Å². The normalized spacial score (nSPS) is 18.2. The van der Waals surface area contributed by atoms with Crippen LogP contribution in [0.1, 0.15) is 18.9 Å². The minimum atomic E-state index is -4.04. The molecule has 0 bridgehead atoms. The van der Waals surface area contributed by atoms with Crippen LogP contribution in [0.5, 0.6) is 0 Å². The van der Waals surface area contributed by atoms with E-state index in [1.807, 2.05) is 37.3 Å². The number of aryl methyl sites for hydroxylation is 2. The number of hydrogen-bond acceptors (Lipinski definition) is 6. The molecule has 0 radical (unpaired) electrons. The van der Waals surface area contributed by atoms with Gasteiger partial charge in [0.15, 0.2) is 6.61 Å². The first-order valence-corrected chi connectivity index (χ1v) is 13.9. The van der Waals surface area contributed by atoms with Gasteiger partial charge in [0.2, 0.25) is 10.0 Å². The number of ether oxygens (including phenoxy) is 1. The number of nitrogens with one attached hydrogen (secondary N) is 1. The second-order valence-electron chi connectivity index (χ2n) is 9.44. The molecule has 1 aromatic heterocycles. The Labute approximate surface area is 220 Å². The van der Waals surface area contributed by atoms with Crippen molar-refractivity contribution < 1.29 is 27.9 Å². The molecule has 38 heavy (non-hydrogen) atoms. The highest BCUT2D eigenvalue weighted by Crippen LogP contribution is 2.31. The largest absolute Gasteiger partial charge is 0.454 e. The number of nitrogens with zero attached hydrogens (tertiary/aromatic N) is 2. The molecular formula is C28H29N3O6S. The van der Waals surface area contributed by atoms with E-state index in [1.165, 1.54) is 12.1 Å². The van der Waals surface area contributed by atoms with Crippen LogP contribution >= 0.6 is 0 Å². The van der Waals surface area contributed by atoms with Crippen molar-refractivity contribution in [2.75, 3.05) is 18.5 Å². The summed E-state index contributed by atoms with van der Waals surface area (Å²) in [4.78, 5) is 25.5. The van der Waals surface area contributed by atoms with E-state index in [1.54, 1.807) is 18.2 Å². The smallest absolute Gasteiger partial charge is 0.325 e. The van der Waals surface area contributed by atoms with Crippen molar-refractivity contribution in [3.63, 3.8) is 0 Å². The first kappa shape index (κ1) is 25.9. The zero-order chi connectivity index (χ0) is 27.0. The summed E-state index contributed by atoms with van der Waals surface area (Å²) in [6, 6.07) is 18.7. The molecule has 1 fully saturated rings. The third kappa shape index (κ3) is 4.78. The van der Waals surface area contributed by atoms with E-state index in [0.29, 0.717) is 5.69 Å². The van der Waals surface area contributed by atoms with Gasteiger partial charge in [-0.2, -0.15) is 4.31 Å². The van der Waals surface area contributed by atoms with Gasteiger partial charge in [-0.05, 0) is 50.2 Å². The molecule has 0 spiro atoms. The van der Waals surface area contributed by atoms with Crippen molar-refractivity contribution in [1.82, 2.24) is 8.87 Å². The number of benzene rings is 3. The van der Waals surface area contributed by atoms with Crippen molar-refractivity contribution in [3.05, 3.63) is 72.3 Å². The molecule has 5 rings (SSSR count). The summed E-state index contributed by atoms with van der Waals surface area (Å²) in [5.41, 5.74) is 3.60. The van der Waals surface area contributed by atoms with E-state index in [-0.39, 0.29) is 17.9 Å². The highest BCUT2D eigenvalue weighted by atomic mass is 32.2. The molecule has 3 aromatic carbocycles. The number of amides is 1. The lowest BCUT2D eigenvalue weighted by Gasteiger charge is -2.22. The molecule has 198 valence electrons. The number of β-amino-alcohol motifs (C(OH)–C–C–N with tert-alkyl or cyclic N) is 1. The number of aliphatic hydroxyl groups excluding tert-OH is 1. The summed E-state index contributed by atoms with van der Waals surface area (Å²) >= 11 is 0. The van der Waals surface area contributed by atoms with E-state index >= 15 is 0 Å². The fourth-order valence-corrected chi connectivity index (χ4v) is 6.64. The first-order valence-electron chi connectivity index (χ1n) is 12.4. The second-order valence-corrected chi connectivity index (χ2v) is 11.3. The number of carbonyl (C=O) groups excluding carboxylic acids is 2. The average molecular weight is 536 g/mol. The Hall–Kier alpha value is -3.73. The number of hydrogen-bond donors (Lipinski definition) is 2. The maximum absolute atomic E-state index is 13.1. The van der Waals surface area contributed by atoms with Crippen LogP contribution in [0.15, 0.2) is 71.6 Å². The quantitative estimate of drug-likeness (QED) is 0.350. The molecule has 2 heterocycles. The molecule has 2 N–H and O–H groups in total. The van der Waals surface area contributed by atoms with Gasteiger partial charge in [0, 0.05) is 47.0 Å². The zero-order valence-corrected chi connectivity index (χ0v) is 21.9. The molecule has 0 saturated carbocycles. The minimum absolute atomic E-state index is 0.0209. The van der Waals surface area contributed by atoms with Crippen LogP contribution in [0, 0.1) is 6.92 Å². The molecule has 1 amide bonds. The topological polar surface area (TPSA) is 118 Å². The Bertz CT molecular complexity index is 1630. The number of aromatic nitrogens is 1. The lowest BCUT2D eigenvalue weighted by atomic mass is 10.1. The maximum Gasteiger partial charge on any atom is 0.325 e. The third-order valence-electron chi connectivity index (χ3n) is 6.85. The number of fused-ring (bicyclic) bond motifs is 3. The standard InChI is InChI=1S/C28H29N3O6S/c1-3-30-24-7-5-4-6-22(24)23-14-19(10-13-25(23)30)29-27(33)17-37-28(34)26-15-20(32)16-31(26)38(35,36)21-11-8-18(2)9-12-21/h4-14,20,26,32H,3,15-17H2,1-2H3,(H,29,33). The number of anilines is 1. The van der Waals surface area contributed by atoms with Crippen molar-refractivity contribution >= 4 is 49.4 Å². The lowest BCUT2D eigenvalue weighted by molar-refractivity contribution is -0.150. The number of aliphatic hydroxyl groups is 1. The van der Waals surface area contributed by atoms with Crippen LogP contribution in [0.2, 0.25) is 0 Å². The fourth-order valence-electron chi connectivity index (χ4n) is 5.01. The number of esters is 1. The highest BCUT2D eigenvalue weighted by molar-refractivity contribution is 7.89. The Morgan fingerprint density at radius 2 is 1.74 bits per heavy atom. The summed E-state index contributed by atoms with van der Waals surface area (Å²) in [6.45, 7) is 3.90. The van der Waals surface area contributed by atoms with Crippen molar-refractivity contribution in [2.24, 2.45) is 0 Å². The predicted octanol–water partition coefficient (Wildman–Crippen LogP) is 3.43. The number of para-hydroxylation sites is 1. The van der Waals surface area contributed by atoms with Crippen LogP contribution in [-0.2, 0) is 30.9 Å². The van der Waals surface area contributed by atoms with Crippen LogP contribution in [-0.4, -0.2) is 59.6 Å². The van der Waals surface area contributed by atoms with Gasteiger partial charge in [-0.1, -0.05) is 35.9 Å². The van der Waals surface area contributed by atoms with Gasteiger partial charge in [-0.25, -0.2) is 8.42 Å². The second kappa shape index (κ2) is 10.2. The van der Waals surface area contributed by atoms with E-state index in [9.17, 15) is 23.1 Å². The Morgan fingerprint density at radius 1 is 1.03 bits per heavy atom. The molecule has 1 aliphatic heterocycles. The first-order chi connectivity index (χ1) is 18.2. The summed E-state index contributed by atoms with van der Waals surface area (Å²) in [6.07, 6.45) is -1.12. The van der Waals surface area contributed by atoms with Crippen LogP contribution < -0.4 is 5.32 Å². The molecule has 1 aliphatic rings. The minimum Gasteiger partial charge on any atom is -0.454 e. The van der Waals surface area contributed by atoms with Crippen LogP contribution in [0.4, 0.5) is 5.69 Å². The summed E-state index contributed by atoms with van der Waals surface area (Å²) < 4.78 is 34.6.